The maximum atomic E-state index is 13.1. The van der Waals surface area contributed by atoms with Crippen LogP contribution in [0.3, 0.4) is 0 Å². The van der Waals surface area contributed by atoms with Crippen LogP contribution in [0.5, 0.6) is 0 Å². The third-order valence-corrected chi connectivity index (χ3v) is 5.04. The second-order valence-corrected chi connectivity index (χ2v) is 7.04. The van der Waals surface area contributed by atoms with E-state index in [1.807, 2.05) is 19.1 Å². The standard InChI is InChI=1S/C19H17F3N4O3/c1-11-4-6-12(7-5-11)16-15-17(29-24-16)23-10-25(18(15)28)9-14(27)26-8-2-3-13(26)19(20,21)22/h4-7,10,13H,2-3,8-9H2,1H3. The lowest BCUT2D eigenvalue weighted by Crippen LogP contribution is -2.46. The number of halogens is 3. The number of nitrogens with zero attached hydrogens (tertiary/aromatic N) is 4. The summed E-state index contributed by atoms with van der Waals surface area (Å²) in [5, 5.41) is 3.98. The molecule has 1 fully saturated rings. The number of likely N-dealkylation sites (tertiary alicyclic amines) is 1. The molecular weight excluding hydrogens is 389 g/mol. The highest BCUT2D eigenvalue weighted by molar-refractivity contribution is 5.88. The van der Waals surface area contributed by atoms with Gasteiger partial charge in [-0.3, -0.25) is 14.2 Å². The molecule has 3 aromatic rings. The van der Waals surface area contributed by atoms with Crippen LogP contribution in [-0.4, -0.2) is 44.3 Å². The highest BCUT2D eigenvalue weighted by atomic mass is 19.4. The molecule has 0 N–H and O–H groups in total. The Labute approximate surface area is 162 Å². The van der Waals surface area contributed by atoms with Gasteiger partial charge in [0, 0.05) is 12.1 Å². The zero-order valence-electron chi connectivity index (χ0n) is 15.4. The molecule has 0 bridgehead atoms. The lowest BCUT2D eigenvalue weighted by Gasteiger charge is -2.26. The van der Waals surface area contributed by atoms with Crippen molar-refractivity contribution >= 4 is 17.0 Å². The van der Waals surface area contributed by atoms with E-state index in [4.69, 9.17) is 4.52 Å². The summed E-state index contributed by atoms with van der Waals surface area (Å²) in [6, 6.07) is 5.41. The number of fused-ring (bicyclic) bond motifs is 1. The van der Waals surface area contributed by atoms with Gasteiger partial charge in [-0.1, -0.05) is 35.0 Å². The molecule has 1 aromatic carbocycles. The molecule has 2 aromatic heterocycles. The number of amides is 1. The first kappa shape index (κ1) is 19.2. The van der Waals surface area contributed by atoms with E-state index in [9.17, 15) is 22.8 Å². The predicted molar refractivity (Wildman–Crippen MR) is 97.0 cm³/mol. The number of alkyl halides is 3. The van der Waals surface area contributed by atoms with Crippen molar-refractivity contribution in [3.8, 4) is 11.3 Å². The SMILES string of the molecule is Cc1ccc(-c2noc3ncn(CC(=O)N4CCCC4C(F)(F)F)c(=O)c23)cc1. The second kappa shape index (κ2) is 7.02. The van der Waals surface area contributed by atoms with Crippen molar-refractivity contribution < 1.29 is 22.5 Å². The molecule has 1 atom stereocenters. The molecule has 1 aliphatic rings. The van der Waals surface area contributed by atoms with Crippen LogP contribution in [0.4, 0.5) is 13.2 Å². The molecule has 0 radical (unpaired) electrons. The van der Waals surface area contributed by atoms with Crippen LogP contribution < -0.4 is 5.56 Å². The molecule has 0 saturated carbocycles. The molecule has 29 heavy (non-hydrogen) atoms. The summed E-state index contributed by atoms with van der Waals surface area (Å²) in [7, 11) is 0. The molecule has 3 heterocycles. The van der Waals surface area contributed by atoms with Gasteiger partial charge in [0.25, 0.3) is 11.3 Å². The zero-order chi connectivity index (χ0) is 20.8. The number of benzene rings is 1. The topological polar surface area (TPSA) is 81.2 Å². The number of hydrogen-bond donors (Lipinski definition) is 0. The molecular formula is C19H17F3N4O3. The molecule has 0 aliphatic carbocycles. The van der Waals surface area contributed by atoms with Crippen molar-refractivity contribution in [1.82, 2.24) is 19.6 Å². The van der Waals surface area contributed by atoms with Crippen molar-refractivity contribution in [3.63, 3.8) is 0 Å². The van der Waals surface area contributed by atoms with Crippen molar-refractivity contribution in [2.45, 2.75) is 38.5 Å². The lowest BCUT2D eigenvalue weighted by molar-refractivity contribution is -0.183. The van der Waals surface area contributed by atoms with Gasteiger partial charge in [0.1, 0.15) is 30.0 Å². The average Bonchev–Trinajstić information content (AvgIpc) is 3.32. The molecule has 7 nitrogen and oxygen atoms in total. The van der Waals surface area contributed by atoms with E-state index in [0.717, 1.165) is 21.4 Å². The Morgan fingerprint density at radius 3 is 2.69 bits per heavy atom. The summed E-state index contributed by atoms with van der Waals surface area (Å²) in [5.74, 6) is -0.776. The Kier molecular flexibility index (Phi) is 4.64. The average molecular weight is 406 g/mol. The van der Waals surface area contributed by atoms with Crippen LogP contribution in [0.15, 0.2) is 39.9 Å². The maximum Gasteiger partial charge on any atom is 0.408 e. The molecule has 152 valence electrons. The van der Waals surface area contributed by atoms with Gasteiger partial charge in [-0.15, -0.1) is 0 Å². The number of aryl methyl sites for hydroxylation is 1. The van der Waals surface area contributed by atoms with Gasteiger partial charge >= 0.3 is 6.18 Å². The largest absolute Gasteiger partial charge is 0.408 e. The van der Waals surface area contributed by atoms with Gasteiger partial charge in [0.05, 0.1) is 0 Å². The van der Waals surface area contributed by atoms with Crippen LogP contribution in [0.2, 0.25) is 0 Å². The summed E-state index contributed by atoms with van der Waals surface area (Å²) in [6.07, 6.45) is -3.27. The predicted octanol–water partition coefficient (Wildman–Crippen LogP) is 2.91. The van der Waals surface area contributed by atoms with Gasteiger partial charge in [0.2, 0.25) is 5.91 Å². The minimum absolute atomic E-state index is 0.00335. The second-order valence-electron chi connectivity index (χ2n) is 7.04. The summed E-state index contributed by atoms with van der Waals surface area (Å²) in [5.41, 5.74) is 1.33. The summed E-state index contributed by atoms with van der Waals surface area (Å²) < 4.78 is 45.5. The highest BCUT2D eigenvalue weighted by Crippen LogP contribution is 2.32. The zero-order valence-corrected chi connectivity index (χ0v) is 15.4. The first-order valence-corrected chi connectivity index (χ1v) is 9.04. The summed E-state index contributed by atoms with van der Waals surface area (Å²) >= 11 is 0. The van der Waals surface area contributed by atoms with E-state index < -0.39 is 30.2 Å². The maximum absolute atomic E-state index is 13.1. The van der Waals surface area contributed by atoms with Crippen LogP contribution in [0.1, 0.15) is 18.4 Å². The fourth-order valence-corrected chi connectivity index (χ4v) is 3.54. The fourth-order valence-electron chi connectivity index (χ4n) is 3.54. The molecule has 1 aliphatic heterocycles. The first-order chi connectivity index (χ1) is 13.8. The Hall–Kier alpha value is -3.17. The molecule has 4 rings (SSSR count). The smallest absolute Gasteiger partial charge is 0.335 e. The van der Waals surface area contributed by atoms with Gasteiger partial charge in [-0.25, -0.2) is 4.98 Å². The van der Waals surface area contributed by atoms with E-state index >= 15 is 0 Å². The van der Waals surface area contributed by atoms with Crippen LogP contribution in [-0.2, 0) is 11.3 Å². The highest BCUT2D eigenvalue weighted by Gasteiger charge is 2.47. The van der Waals surface area contributed by atoms with Crippen LogP contribution >= 0.6 is 0 Å². The molecule has 1 unspecified atom stereocenters. The minimum Gasteiger partial charge on any atom is -0.335 e. The van der Waals surface area contributed by atoms with Crippen LogP contribution in [0.25, 0.3) is 22.4 Å². The van der Waals surface area contributed by atoms with Crippen LogP contribution in [0, 0.1) is 6.92 Å². The molecule has 1 saturated heterocycles. The van der Waals surface area contributed by atoms with Crippen molar-refractivity contribution in [2.75, 3.05) is 6.54 Å². The quantitative estimate of drug-likeness (QED) is 0.668. The van der Waals surface area contributed by atoms with Gasteiger partial charge in [0.15, 0.2) is 0 Å². The van der Waals surface area contributed by atoms with E-state index in [1.165, 1.54) is 0 Å². The fraction of sp³-hybridized carbons (Fsp3) is 0.368. The number of rotatable bonds is 3. The Morgan fingerprint density at radius 2 is 2.00 bits per heavy atom. The Bertz CT molecular complexity index is 1120. The van der Waals surface area contributed by atoms with Crippen molar-refractivity contribution in [1.29, 1.82) is 0 Å². The third-order valence-electron chi connectivity index (χ3n) is 5.04. The number of aromatic nitrogens is 3. The van der Waals surface area contributed by atoms with Crippen molar-refractivity contribution in [2.24, 2.45) is 0 Å². The van der Waals surface area contributed by atoms with Gasteiger partial charge in [-0.2, -0.15) is 13.2 Å². The monoisotopic (exact) mass is 406 g/mol. The summed E-state index contributed by atoms with van der Waals surface area (Å²) in [6.45, 7) is 1.39. The molecule has 0 spiro atoms. The summed E-state index contributed by atoms with van der Waals surface area (Å²) in [4.78, 5) is 30.2. The number of carbonyl (C=O) groups is 1. The van der Waals surface area contributed by atoms with Gasteiger partial charge < -0.3 is 9.42 Å². The molecule has 1 amide bonds. The Morgan fingerprint density at radius 1 is 1.28 bits per heavy atom. The first-order valence-electron chi connectivity index (χ1n) is 9.04. The Balaban J connectivity index is 1.68. The number of hydrogen-bond acceptors (Lipinski definition) is 5. The van der Waals surface area contributed by atoms with E-state index in [1.54, 1.807) is 12.1 Å². The number of carbonyl (C=O) groups excluding carboxylic acids is 1. The van der Waals surface area contributed by atoms with E-state index in [2.05, 4.69) is 10.1 Å². The normalized spacial score (nSPS) is 17.2. The van der Waals surface area contributed by atoms with Gasteiger partial charge in [-0.05, 0) is 19.8 Å². The van der Waals surface area contributed by atoms with Crippen molar-refractivity contribution in [3.05, 3.63) is 46.5 Å². The van der Waals surface area contributed by atoms with E-state index in [0.29, 0.717) is 5.56 Å². The minimum atomic E-state index is -4.49. The lowest BCUT2D eigenvalue weighted by atomic mass is 10.1. The van der Waals surface area contributed by atoms with E-state index in [-0.39, 0.29) is 36.2 Å². The molecule has 10 heteroatoms. The third kappa shape index (κ3) is 3.50.